The Bertz CT molecular complexity index is 1040. The summed E-state index contributed by atoms with van der Waals surface area (Å²) < 4.78 is 5.38. The Morgan fingerprint density at radius 1 is 1.17 bits per heavy atom. The van der Waals surface area contributed by atoms with E-state index in [1.165, 1.54) is 30.6 Å². The van der Waals surface area contributed by atoms with Crippen LogP contribution in [-0.4, -0.2) is 36.1 Å². The second kappa shape index (κ2) is 8.37. The molecule has 3 aromatic rings. The number of anilines is 1. The van der Waals surface area contributed by atoms with Gasteiger partial charge in [0.25, 0.3) is 5.91 Å². The van der Waals surface area contributed by atoms with E-state index in [9.17, 15) is 4.79 Å². The van der Waals surface area contributed by atoms with Crippen LogP contribution in [0.25, 0.3) is 10.2 Å². The number of carbonyl (C=O) groups excluding carboxylic acids is 1. The highest BCUT2D eigenvalue weighted by molar-refractivity contribution is 7.20. The van der Waals surface area contributed by atoms with Crippen LogP contribution in [0.15, 0.2) is 24.3 Å². The van der Waals surface area contributed by atoms with Crippen LogP contribution in [0, 0.1) is 13.8 Å². The lowest BCUT2D eigenvalue weighted by Crippen LogP contribution is -2.30. The number of carbonyl (C=O) groups is 1. The molecule has 4 rings (SSSR count). The lowest BCUT2D eigenvalue weighted by atomic mass is 10.1. The number of thiophene rings is 1. The smallest absolute Gasteiger partial charge is 0.261 e. The van der Waals surface area contributed by atoms with Crippen molar-refractivity contribution < 1.29 is 9.53 Å². The summed E-state index contributed by atoms with van der Waals surface area (Å²) in [5, 5.41) is 4.05. The van der Waals surface area contributed by atoms with Crippen LogP contribution in [0.5, 0.6) is 5.75 Å². The van der Waals surface area contributed by atoms with Gasteiger partial charge in [-0.2, -0.15) is 0 Å². The third-order valence-corrected chi connectivity index (χ3v) is 6.56. The van der Waals surface area contributed by atoms with Crippen molar-refractivity contribution in [1.82, 2.24) is 15.3 Å². The first-order valence-corrected chi connectivity index (χ1v) is 10.8. The molecule has 1 N–H and O–H groups in total. The largest absolute Gasteiger partial charge is 0.496 e. The van der Waals surface area contributed by atoms with Crippen molar-refractivity contribution in [2.75, 3.05) is 25.1 Å². The van der Waals surface area contributed by atoms with Crippen LogP contribution >= 0.6 is 11.3 Å². The summed E-state index contributed by atoms with van der Waals surface area (Å²) in [6.45, 7) is 6.36. The van der Waals surface area contributed by atoms with Crippen LogP contribution in [0.3, 0.4) is 0 Å². The van der Waals surface area contributed by atoms with Gasteiger partial charge in [-0.1, -0.05) is 18.2 Å². The van der Waals surface area contributed by atoms with E-state index in [4.69, 9.17) is 9.72 Å². The molecule has 29 heavy (non-hydrogen) atoms. The number of aryl methyl sites for hydroxylation is 2. The molecule has 0 saturated carbocycles. The van der Waals surface area contributed by atoms with Crippen molar-refractivity contribution in [3.05, 3.63) is 46.1 Å². The van der Waals surface area contributed by atoms with Crippen molar-refractivity contribution in [2.24, 2.45) is 0 Å². The van der Waals surface area contributed by atoms with Gasteiger partial charge in [-0.15, -0.1) is 11.3 Å². The number of hydrogen-bond donors (Lipinski definition) is 1. The summed E-state index contributed by atoms with van der Waals surface area (Å²) in [4.78, 5) is 26.3. The Kier molecular flexibility index (Phi) is 5.67. The molecule has 1 fully saturated rings. The summed E-state index contributed by atoms with van der Waals surface area (Å²) in [6, 6.07) is 7.72. The summed E-state index contributed by atoms with van der Waals surface area (Å²) in [7, 11) is 1.64. The fourth-order valence-corrected chi connectivity index (χ4v) is 5.01. The third kappa shape index (κ3) is 3.92. The topological polar surface area (TPSA) is 67.3 Å². The number of piperidine rings is 1. The zero-order valence-electron chi connectivity index (χ0n) is 17.1. The number of benzene rings is 1. The number of methoxy groups -OCH3 is 1. The molecule has 7 heteroatoms. The number of amides is 1. The lowest BCUT2D eigenvalue weighted by Gasteiger charge is -2.28. The van der Waals surface area contributed by atoms with E-state index in [-0.39, 0.29) is 5.91 Å². The van der Waals surface area contributed by atoms with Crippen molar-refractivity contribution in [1.29, 1.82) is 0 Å². The van der Waals surface area contributed by atoms with Gasteiger partial charge in [0, 0.05) is 25.2 Å². The Morgan fingerprint density at radius 3 is 2.69 bits per heavy atom. The molecule has 2 aromatic heterocycles. The molecule has 3 heterocycles. The van der Waals surface area contributed by atoms with Crippen LogP contribution in [0.1, 0.15) is 45.9 Å². The van der Waals surface area contributed by atoms with E-state index >= 15 is 0 Å². The van der Waals surface area contributed by atoms with E-state index in [0.29, 0.717) is 11.4 Å². The molecule has 1 aliphatic heterocycles. The van der Waals surface area contributed by atoms with E-state index in [1.807, 2.05) is 38.1 Å². The second-order valence-corrected chi connectivity index (χ2v) is 8.37. The maximum atomic E-state index is 13.0. The Hall–Kier alpha value is -2.67. The minimum atomic E-state index is -0.0846. The second-order valence-electron chi connectivity index (χ2n) is 7.37. The van der Waals surface area contributed by atoms with Crippen molar-refractivity contribution in [3.63, 3.8) is 0 Å². The van der Waals surface area contributed by atoms with Gasteiger partial charge in [0.05, 0.1) is 17.4 Å². The standard InChI is InChI=1S/C22H26N4O2S/c1-14-18-20(26-11-7-4-8-12-26)24-15(2)25-22(18)29-19(14)21(27)23-13-16-9-5-6-10-17(16)28-3/h5-6,9-10H,4,7-8,11-13H2,1-3H3,(H,23,27). The first kappa shape index (κ1) is 19.6. The predicted molar refractivity (Wildman–Crippen MR) is 117 cm³/mol. The number of hydrogen-bond acceptors (Lipinski definition) is 6. The number of para-hydroxylation sites is 1. The third-order valence-electron chi connectivity index (χ3n) is 5.38. The molecule has 1 saturated heterocycles. The SMILES string of the molecule is COc1ccccc1CNC(=O)c1sc2nc(C)nc(N3CCCCC3)c2c1C. The molecule has 1 aliphatic rings. The molecular weight excluding hydrogens is 384 g/mol. The number of ether oxygens (including phenoxy) is 1. The van der Waals surface area contributed by atoms with Gasteiger partial charge < -0.3 is 15.0 Å². The molecule has 152 valence electrons. The molecule has 0 aliphatic carbocycles. The molecular formula is C22H26N4O2S. The lowest BCUT2D eigenvalue weighted by molar-refractivity contribution is 0.0954. The van der Waals surface area contributed by atoms with Gasteiger partial charge >= 0.3 is 0 Å². The van der Waals surface area contributed by atoms with Crippen LogP contribution in [0.2, 0.25) is 0 Å². The van der Waals surface area contributed by atoms with E-state index < -0.39 is 0 Å². The first-order valence-electron chi connectivity index (χ1n) is 10.0. The van der Waals surface area contributed by atoms with Crippen LogP contribution < -0.4 is 15.0 Å². The minimum absolute atomic E-state index is 0.0846. The Morgan fingerprint density at radius 2 is 1.93 bits per heavy atom. The summed E-state index contributed by atoms with van der Waals surface area (Å²) in [6.07, 6.45) is 3.63. The normalized spacial score (nSPS) is 14.2. The van der Waals surface area contributed by atoms with Crippen LogP contribution in [0.4, 0.5) is 5.82 Å². The quantitative estimate of drug-likeness (QED) is 0.682. The van der Waals surface area contributed by atoms with E-state index in [0.717, 1.165) is 51.8 Å². The molecule has 1 aromatic carbocycles. The van der Waals surface area contributed by atoms with Gasteiger partial charge in [0.2, 0.25) is 0 Å². The maximum Gasteiger partial charge on any atom is 0.261 e. The number of fused-ring (bicyclic) bond motifs is 1. The average Bonchev–Trinajstić information content (AvgIpc) is 3.08. The maximum absolute atomic E-state index is 13.0. The monoisotopic (exact) mass is 410 g/mol. The highest BCUT2D eigenvalue weighted by Gasteiger charge is 2.23. The molecule has 0 unspecified atom stereocenters. The van der Waals surface area contributed by atoms with Gasteiger partial charge in [-0.25, -0.2) is 9.97 Å². The summed E-state index contributed by atoms with van der Waals surface area (Å²) in [5.74, 6) is 2.42. The van der Waals surface area contributed by atoms with Gasteiger partial charge in [-0.05, 0) is 44.7 Å². The minimum Gasteiger partial charge on any atom is -0.496 e. The Balaban J connectivity index is 1.64. The van der Waals surface area contributed by atoms with Gasteiger partial charge in [-0.3, -0.25) is 4.79 Å². The molecule has 0 radical (unpaired) electrons. The molecule has 0 atom stereocenters. The van der Waals surface area contributed by atoms with Gasteiger partial charge in [0.1, 0.15) is 22.2 Å². The molecule has 0 bridgehead atoms. The fraction of sp³-hybridized carbons (Fsp3) is 0.409. The number of nitrogens with zero attached hydrogens (tertiary/aromatic N) is 3. The van der Waals surface area contributed by atoms with Crippen molar-refractivity contribution in [3.8, 4) is 5.75 Å². The molecule has 1 amide bonds. The average molecular weight is 411 g/mol. The van der Waals surface area contributed by atoms with E-state index in [2.05, 4.69) is 15.2 Å². The first-order chi connectivity index (χ1) is 14.1. The van der Waals surface area contributed by atoms with Crippen molar-refractivity contribution >= 4 is 33.3 Å². The van der Waals surface area contributed by atoms with Crippen LogP contribution in [-0.2, 0) is 6.54 Å². The highest BCUT2D eigenvalue weighted by atomic mass is 32.1. The molecule has 6 nitrogen and oxygen atoms in total. The van der Waals surface area contributed by atoms with E-state index in [1.54, 1.807) is 7.11 Å². The zero-order valence-corrected chi connectivity index (χ0v) is 17.9. The zero-order chi connectivity index (χ0) is 20.4. The number of aromatic nitrogens is 2. The summed E-state index contributed by atoms with van der Waals surface area (Å²) in [5.41, 5.74) is 1.91. The molecule has 0 spiro atoms. The van der Waals surface area contributed by atoms with Crippen molar-refractivity contribution in [2.45, 2.75) is 39.7 Å². The number of rotatable bonds is 5. The predicted octanol–water partition coefficient (Wildman–Crippen LogP) is 4.24. The summed E-state index contributed by atoms with van der Waals surface area (Å²) >= 11 is 1.45. The van der Waals surface area contributed by atoms with Gasteiger partial charge in [0.15, 0.2) is 0 Å². The Labute approximate surface area is 174 Å². The highest BCUT2D eigenvalue weighted by Crippen LogP contribution is 2.36. The fourth-order valence-electron chi connectivity index (χ4n) is 3.88. The number of nitrogens with one attached hydrogen (secondary N) is 1.